The third-order valence-corrected chi connectivity index (χ3v) is 5.08. The zero-order valence-electron chi connectivity index (χ0n) is 15.9. The van der Waals surface area contributed by atoms with Crippen LogP contribution in [0.2, 0.25) is 0 Å². The Hall–Kier alpha value is -2.18. The maximum absolute atomic E-state index is 12.6. The summed E-state index contributed by atoms with van der Waals surface area (Å²) in [4.78, 5) is 18.9. The van der Waals surface area contributed by atoms with Crippen molar-refractivity contribution in [1.82, 2.24) is 19.9 Å². The topological polar surface area (TPSA) is 52.8 Å². The molecule has 1 amide bonds. The van der Waals surface area contributed by atoms with Crippen molar-refractivity contribution in [3.05, 3.63) is 53.4 Å². The fourth-order valence-electron chi connectivity index (χ4n) is 3.19. The number of piperazine rings is 1. The van der Waals surface area contributed by atoms with Gasteiger partial charge in [0, 0.05) is 38.3 Å². The van der Waals surface area contributed by atoms with Crippen LogP contribution in [0.4, 0.5) is 0 Å². The number of nitrogens with zero attached hydrogens (tertiary/aromatic N) is 4. The zero-order valence-corrected chi connectivity index (χ0v) is 15.9. The lowest BCUT2D eigenvalue weighted by Crippen LogP contribution is -2.52. The Balaban J connectivity index is 1.51. The van der Waals surface area contributed by atoms with Crippen molar-refractivity contribution < 1.29 is 9.32 Å². The summed E-state index contributed by atoms with van der Waals surface area (Å²) in [6.45, 7) is 6.05. The van der Waals surface area contributed by atoms with E-state index in [9.17, 15) is 4.79 Å². The smallest absolute Gasteiger partial charge is 0.276 e. The molecule has 1 saturated heterocycles. The summed E-state index contributed by atoms with van der Waals surface area (Å²) in [6, 6.07) is 12.6. The van der Waals surface area contributed by atoms with Crippen LogP contribution in [0, 0.1) is 0 Å². The summed E-state index contributed by atoms with van der Waals surface area (Å²) in [6.07, 6.45) is 0.983. The Labute approximate surface area is 155 Å². The molecule has 6 nitrogen and oxygen atoms in total. The molecule has 0 spiro atoms. The van der Waals surface area contributed by atoms with Crippen LogP contribution in [0.25, 0.3) is 0 Å². The average Bonchev–Trinajstić information content (AvgIpc) is 3.11. The predicted octanol–water partition coefficient (Wildman–Crippen LogP) is 2.13. The number of hydrogen-bond donors (Lipinski definition) is 0. The maximum atomic E-state index is 12.6. The van der Waals surface area contributed by atoms with Crippen molar-refractivity contribution in [2.24, 2.45) is 0 Å². The summed E-state index contributed by atoms with van der Waals surface area (Å²) >= 11 is 0. The minimum absolute atomic E-state index is 0.0353. The van der Waals surface area contributed by atoms with Crippen LogP contribution in [-0.4, -0.2) is 72.1 Å². The second kappa shape index (κ2) is 8.47. The van der Waals surface area contributed by atoms with Gasteiger partial charge in [-0.05, 0) is 33.0 Å². The van der Waals surface area contributed by atoms with Gasteiger partial charge in [-0.15, -0.1) is 0 Å². The zero-order chi connectivity index (χ0) is 18.5. The first-order valence-electron chi connectivity index (χ1n) is 9.20. The molecule has 1 aliphatic rings. The van der Waals surface area contributed by atoms with Crippen molar-refractivity contribution in [3.63, 3.8) is 0 Å². The summed E-state index contributed by atoms with van der Waals surface area (Å²) in [5, 5.41) is 4.00. The number of hydrogen-bond acceptors (Lipinski definition) is 5. The molecule has 1 fully saturated rings. The highest BCUT2D eigenvalue weighted by Crippen LogP contribution is 2.13. The largest absolute Gasteiger partial charge is 0.359 e. The van der Waals surface area contributed by atoms with Gasteiger partial charge in [-0.1, -0.05) is 35.5 Å². The van der Waals surface area contributed by atoms with Crippen molar-refractivity contribution in [3.8, 4) is 0 Å². The van der Waals surface area contributed by atoms with Crippen LogP contribution in [0.15, 0.2) is 40.9 Å². The molecular formula is C20H28N4O2. The first kappa shape index (κ1) is 18.6. The monoisotopic (exact) mass is 356 g/mol. The lowest BCUT2D eigenvalue weighted by molar-refractivity contribution is 0.0562. The molecule has 6 heteroatoms. The average molecular weight is 356 g/mol. The molecule has 0 saturated carbocycles. The number of aromatic nitrogens is 1. The van der Waals surface area contributed by atoms with Crippen molar-refractivity contribution in [1.29, 1.82) is 0 Å². The molecule has 2 heterocycles. The van der Waals surface area contributed by atoms with Crippen LogP contribution < -0.4 is 0 Å². The molecular weight excluding hydrogens is 328 g/mol. The number of carbonyl (C=O) groups excluding carboxylic acids is 1. The highest BCUT2D eigenvalue weighted by atomic mass is 16.5. The quantitative estimate of drug-likeness (QED) is 0.794. The molecule has 3 rings (SSSR count). The minimum atomic E-state index is -0.0353. The van der Waals surface area contributed by atoms with Gasteiger partial charge >= 0.3 is 0 Å². The van der Waals surface area contributed by atoms with Gasteiger partial charge in [-0.3, -0.25) is 9.69 Å². The summed E-state index contributed by atoms with van der Waals surface area (Å²) in [7, 11) is 4.14. The Morgan fingerprint density at radius 3 is 2.81 bits per heavy atom. The SMILES string of the molecule is CC1CN(C(=O)c2cc(CN(C)CCc3ccccc3)on2)CCN1C. The molecule has 1 aromatic carbocycles. The Morgan fingerprint density at radius 2 is 2.08 bits per heavy atom. The lowest BCUT2D eigenvalue weighted by Gasteiger charge is -2.37. The number of likely N-dealkylation sites (N-methyl/N-ethyl adjacent to an activating group) is 2. The van der Waals surface area contributed by atoms with E-state index in [0.29, 0.717) is 18.3 Å². The van der Waals surface area contributed by atoms with Gasteiger partial charge in [0.05, 0.1) is 6.54 Å². The molecule has 0 bridgehead atoms. The van der Waals surface area contributed by atoms with Crippen LogP contribution in [0.3, 0.4) is 0 Å². The summed E-state index contributed by atoms with van der Waals surface area (Å²) in [5.41, 5.74) is 1.73. The van der Waals surface area contributed by atoms with Gasteiger partial charge in [0.15, 0.2) is 11.5 Å². The predicted molar refractivity (Wildman–Crippen MR) is 101 cm³/mol. The number of benzene rings is 1. The fraction of sp³-hybridized carbons (Fsp3) is 0.500. The minimum Gasteiger partial charge on any atom is -0.359 e. The van der Waals surface area contributed by atoms with Gasteiger partial charge in [0.2, 0.25) is 0 Å². The molecule has 0 aliphatic carbocycles. The Bertz CT molecular complexity index is 716. The van der Waals surface area contributed by atoms with Gasteiger partial charge in [0.25, 0.3) is 5.91 Å². The maximum Gasteiger partial charge on any atom is 0.276 e. The first-order chi connectivity index (χ1) is 12.5. The van der Waals surface area contributed by atoms with E-state index in [1.165, 1.54) is 5.56 Å². The first-order valence-corrected chi connectivity index (χ1v) is 9.20. The van der Waals surface area contributed by atoms with Gasteiger partial charge in [-0.2, -0.15) is 0 Å². The third kappa shape index (κ3) is 4.71. The molecule has 1 aromatic heterocycles. The van der Waals surface area contributed by atoms with Crippen LogP contribution in [-0.2, 0) is 13.0 Å². The third-order valence-electron chi connectivity index (χ3n) is 5.08. The van der Waals surface area contributed by atoms with E-state index in [1.807, 2.05) is 11.0 Å². The highest BCUT2D eigenvalue weighted by molar-refractivity contribution is 5.92. The van der Waals surface area contributed by atoms with Crippen LogP contribution >= 0.6 is 0 Å². The number of amides is 1. The molecule has 26 heavy (non-hydrogen) atoms. The number of rotatable bonds is 6. The van der Waals surface area contributed by atoms with E-state index in [-0.39, 0.29) is 5.91 Å². The normalized spacial score (nSPS) is 18.5. The van der Waals surface area contributed by atoms with Crippen molar-refractivity contribution >= 4 is 5.91 Å². The second-order valence-corrected chi connectivity index (χ2v) is 7.23. The van der Waals surface area contributed by atoms with Crippen molar-refractivity contribution in [2.45, 2.75) is 25.9 Å². The van der Waals surface area contributed by atoms with E-state index >= 15 is 0 Å². The molecule has 0 radical (unpaired) electrons. The molecule has 0 N–H and O–H groups in total. The van der Waals surface area contributed by atoms with Gasteiger partial charge < -0.3 is 14.3 Å². The van der Waals surface area contributed by atoms with Gasteiger partial charge in [0.1, 0.15) is 0 Å². The Morgan fingerprint density at radius 1 is 1.31 bits per heavy atom. The van der Waals surface area contributed by atoms with Gasteiger partial charge in [-0.25, -0.2) is 0 Å². The number of carbonyl (C=O) groups is 1. The fourth-order valence-corrected chi connectivity index (χ4v) is 3.19. The van der Waals surface area contributed by atoms with Crippen LogP contribution in [0.1, 0.15) is 28.7 Å². The van der Waals surface area contributed by atoms with Crippen molar-refractivity contribution in [2.75, 3.05) is 40.3 Å². The summed E-state index contributed by atoms with van der Waals surface area (Å²) < 4.78 is 5.40. The van der Waals surface area contributed by atoms with E-state index in [1.54, 1.807) is 6.07 Å². The molecule has 1 unspecified atom stereocenters. The summed E-state index contributed by atoms with van der Waals surface area (Å²) in [5.74, 6) is 0.693. The second-order valence-electron chi connectivity index (χ2n) is 7.23. The highest BCUT2D eigenvalue weighted by Gasteiger charge is 2.27. The Kier molecular flexibility index (Phi) is 6.06. The lowest BCUT2D eigenvalue weighted by atomic mass is 10.1. The van der Waals surface area contributed by atoms with E-state index < -0.39 is 0 Å². The van der Waals surface area contributed by atoms with E-state index in [0.717, 1.165) is 38.4 Å². The molecule has 2 aromatic rings. The van der Waals surface area contributed by atoms with E-state index in [2.05, 4.69) is 60.2 Å². The standard InChI is InChI=1S/C20H28N4O2/c1-16-14-24(12-11-23(16)3)20(25)19-13-18(26-21-19)15-22(2)10-9-17-7-5-4-6-8-17/h4-8,13,16H,9-12,14-15H2,1-3H3. The van der Waals surface area contributed by atoms with Crippen LogP contribution in [0.5, 0.6) is 0 Å². The molecule has 1 atom stereocenters. The molecule has 140 valence electrons. The molecule has 1 aliphatic heterocycles. The van der Waals surface area contributed by atoms with E-state index in [4.69, 9.17) is 4.52 Å².